The van der Waals surface area contributed by atoms with Gasteiger partial charge in [-0.15, -0.1) is 0 Å². The molecule has 0 amide bonds. The molecule has 0 bridgehead atoms. The normalized spacial score (nSPS) is 14.8. The Morgan fingerprint density at radius 1 is 1.00 bits per heavy atom. The lowest BCUT2D eigenvalue weighted by Gasteiger charge is -2.08. The number of anilines is 1. The third-order valence-corrected chi connectivity index (χ3v) is 3.66. The second-order valence-corrected chi connectivity index (χ2v) is 4.99. The first-order chi connectivity index (χ1) is 8.92. The van der Waals surface area contributed by atoms with Crippen LogP contribution in [-0.2, 0) is 0 Å². The van der Waals surface area contributed by atoms with Crippen molar-refractivity contribution in [2.24, 2.45) is 0 Å². The molecule has 0 atom stereocenters. The minimum atomic E-state index is 1.05. The maximum atomic E-state index is 3.52. The largest absolute Gasteiger partial charge is 0.385 e. The highest BCUT2D eigenvalue weighted by Crippen LogP contribution is 2.22. The number of hydrogen-bond donors (Lipinski definition) is 1. The van der Waals surface area contributed by atoms with E-state index in [1.165, 1.54) is 42.1 Å². The van der Waals surface area contributed by atoms with Crippen LogP contribution in [-0.4, -0.2) is 6.54 Å². The van der Waals surface area contributed by atoms with Crippen molar-refractivity contribution in [3.63, 3.8) is 0 Å². The fourth-order valence-electron chi connectivity index (χ4n) is 2.63. The van der Waals surface area contributed by atoms with Crippen molar-refractivity contribution in [1.82, 2.24) is 0 Å². The molecule has 0 unspecified atom stereocenters. The van der Waals surface area contributed by atoms with Gasteiger partial charge in [0.2, 0.25) is 0 Å². The Hall–Kier alpha value is -1.76. The molecule has 0 aromatic heterocycles. The van der Waals surface area contributed by atoms with Crippen LogP contribution in [0.4, 0.5) is 5.69 Å². The van der Waals surface area contributed by atoms with Crippen LogP contribution < -0.4 is 5.32 Å². The van der Waals surface area contributed by atoms with E-state index >= 15 is 0 Å². The average Bonchev–Trinajstić information content (AvgIpc) is 2.92. The summed E-state index contributed by atoms with van der Waals surface area (Å²) in [5.41, 5.74) is 2.86. The molecule has 1 aliphatic rings. The zero-order valence-corrected chi connectivity index (χ0v) is 10.7. The van der Waals surface area contributed by atoms with Gasteiger partial charge in [0.25, 0.3) is 0 Å². The van der Waals surface area contributed by atoms with Crippen molar-refractivity contribution in [3.8, 4) is 0 Å². The van der Waals surface area contributed by atoms with E-state index in [0.717, 1.165) is 6.54 Å². The molecule has 1 heteroatoms. The summed E-state index contributed by atoms with van der Waals surface area (Å²) >= 11 is 0. The second-order valence-electron chi connectivity index (χ2n) is 4.99. The molecule has 1 aliphatic carbocycles. The summed E-state index contributed by atoms with van der Waals surface area (Å²) < 4.78 is 0. The van der Waals surface area contributed by atoms with Gasteiger partial charge in [-0.25, -0.2) is 0 Å². The first-order valence-electron chi connectivity index (χ1n) is 6.82. The molecule has 92 valence electrons. The smallest absolute Gasteiger partial charge is 0.0346 e. The van der Waals surface area contributed by atoms with Crippen LogP contribution >= 0.6 is 0 Å². The van der Waals surface area contributed by atoms with Gasteiger partial charge < -0.3 is 5.32 Å². The number of benzene rings is 2. The van der Waals surface area contributed by atoms with E-state index < -0.39 is 0 Å². The minimum Gasteiger partial charge on any atom is -0.385 e. The Morgan fingerprint density at radius 2 is 1.89 bits per heavy atom. The summed E-state index contributed by atoms with van der Waals surface area (Å²) in [6.07, 6.45) is 7.53. The lowest BCUT2D eigenvalue weighted by molar-refractivity contribution is 0.863. The van der Waals surface area contributed by atoms with Crippen molar-refractivity contribution in [2.75, 3.05) is 11.9 Å². The maximum absolute atomic E-state index is 3.52. The number of allylic oxidation sites excluding steroid dienone is 1. The van der Waals surface area contributed by atoms with Crippen LogP contribution in [0, 0.1) is 0 Å². The molecule has 0 aliphatic heterocycles. The van der Waals surface area contributed by atoms with E-state index in [4.69, 9.17) is 0 Å². The number of fused-ring (bicyclic) bond motifs is 1. The van der Waals surface area contributed by atoms with Crippen molar-refractivity contribution < 1.29 is 0 Å². The molecule has 0 heterocycles. The average molecular weight is 237 g/mol. The van der Waals surface area contributed by atoms with Gasteiger partial charge in [0.15, 0.2) is 0 Å². The quantitative estimate of drug-likeness (QED) is 0.756. The summed E-state index contributed by atoms with van der Waals surface area (Å²) in [7, 11) is 0. The van der Waals surface area contributed by atoms with Gasteiger partial charge in [0, 0.05) is 12.2 Å². The lowest BCUT2D eigenvalue weighted by Crippen LogP contribution is -2.01. The van der Waals surface area contributed by atoms with Crippen LogP contribution in [0.3, 0.4) is 0 Å². The summed E-state index contributed by atoms with van der Waals surface area (Å²) in [5, 5.41) is 6.14. The standard InChI is InChI=1S/C17H19N/c1-2-6-14(5-1)11-12-18-17-10-9-15-7-3-4-8-16(15)13-17/h3-5,7-10,13,18H,1-2,6,11-12H2. The molecule has 2 aromatic rings. The molecule has 0 fully saturated rings. The SMILES string of the molecule is C1=C(CCNc2ccc3ccccc3c2)CCC1. The number of hydrogen-bond acceptors (Lipinski definition) is 1. The predicted octanol–water partition coefficient (Wildman–Crippen LogP) is 4.75. The van der Waals surface area contributed by atoms with Gasteiger partial charge in [0.05, 0.1) is 0 Å². The third-order valence-electron chi connectivity index (χ3n) is 3.66. The van der Waals surface area contributed by atoms with Crippen molar-refractivity contribution in [1.29, 1.82) is 0 Å². The van der Waals surface area contributed by atoms with Gasteiger partial charge in [-0.1, -0.05) is 42.0 Å². The van der Waals surface area contributed by atoms with Gasteiger partial charge in [-0.3, -0.25) is 0 Å². The van der Waals surface area contributed by atoms with Crippen molar-refractivity contribution in [3.05, 3.63) is 54.1 Å². The van der Waals surface area contributed by atoms with Crippen LogP contribution in [0.15, 0.2) is 54.1 Å². The highest BCUT2D eigenvalue weighted by Gasteiger charge is 2.03. The molecule has 3 rings (SSSR count). The first kappa shape index (κ1) is 11.3. The monoisotopic (exact) mass is 237 g/mol. The van der Waals surface area contributed by atoms with Gasteiger partial charge in [-0.2, -0.15) is 0 Å². The summed E-state index contributed by atoms with van der Waals surface area (Å²) in [4.78, 5) is 0. The van der Waals surface area contributed by atoms with E-state index in [0.29, 0.717) is 0 Å². The van der Waals surface area contributed by atoms with E-state index in [-0.39, 0.29) is 0 Å². The van der Waals surface area contributed by atoms with Crippen molar-refractivity contribution in [2.45, 2.75) is 25.7 Å². The number of nitrogens with one attached hydrogen (secondary N) is 1. The van der Waals surface area contributed by atoms with E-state index in [1.54, 1.807) is 5.57 Å². The summed E-state index contributed by atoms with van der Waals surface area (Å²) in [5.74, 6) is 0. The highest BCUT2D eigenvalue weighted by atomic mass is 14.9. The van der Waals surface area contributed by atoms with Crippen LogP contribution in [0.2, 0.25) is 0 Å². The van der Waals surface area contributed by atoms with E-state index in [9.17, 15) is 0 Å². The molecule has 18 heavy (non-hydrogen) atoms. The van der Waals surface area contributed by atoms with E-state index in [1.807, 2.05) is 0 Å². The Balaban J connectivity index is 1.63. The minimum absolute atomic E-state index is 1.05. The molecular formula is C17H19N. The number of rotatable bonds is 4. The molecule has 0 radical (unpaired) electrons. The van der Waals surface area contributed by atoms with Gasteiger partial charge >= 0.3 is 0 Å². The van der Waals surface area contributed by atoms with Gasteiger partial charge in [-0.05, 0) is 48.6 Å². The zero-order chi connectivity index (χ0) is 12.2. The molecule has 0 saturated heterocycles. The highest BCUT2D eigenvalue weighted by molar-refractivity contribution is 5.85. The third kappa shape index (κ3) is 2.56. The fraction of sp³-hybridized carbons (Fsp3) is 0.294. The van der Waals surface area contributed by atoms with Crippen LogP contribution in [0.1, 0.15) is 25.7 Å². The molecule has 0 saturated carbocycles. The Morgan fingerprint density at radius 3 is 2.72 bits per heavy atom. The topological polar surface area (TPSA) is 12.0 Å². The second kappa shape index (κ2) is 5.26. The Labute approximate surface area is 109 Å². The zero-order valence-electron chi connectivity index (χ0n) is 10.7. The van der Waals surface area contributed by atoms with Gasteiger partial charge in [0.1, 0.15) is 0 Å². The fourth-order valence-corrected chi connectivity index (χ4v) is 2.63. The molecule has 0 spiro atoms. The Bertz CT molecular complexity index is 569. The summed E-state index contributed by atoms with van der Waals surface area (Å²) in [6, 6.07) is 15.1. The first-order valence-corrected chi connectivity index (χ1v) is 6.82. The molecule has 1 N–H and O–H groups in total. The maximum Gasteiger partial charge on any atom is 0.0346 e. The molecule has 1 nitrogen and oxygen atoms in total. The molecule has 2 aromatic carbocycles. The van der Waals surface area contributed by atoms with E-state index in [2.05, 4.69) is 53.9 Å². The summed E-state index contributed by atoms with van der Waals surface area (Å²) in [6.45, 7) is 1.05. The predicted molar refractivity (Wildman–Crippen MR) is 79.0 cm³/mol. The lowest BCUT2D eigenvalue weighted by atomic mass is 10.1. The Kier molecular flexibility index (Phi) is 3.31. The van der Waals surface area contributed by atoms with Crippen LogP contribution in [0.25, 0.3) is 10.8 Å². The molecular weight excluding hydrogens is 218 g/mol. The van der Waals surface area contributed by atoms with Crippen molar-refractivity contribution >= 4 is 16.5 Å². The van der Waals surface area contributed by atoms with Crippen LogP contribution in [0.5, 0.6) is 0 Å².